The zero-order chi connectivity index (χ0) is 19.1. The van der Waals surface area contributed by atoms with E-state index in [0.717, 1.165) is 50.0 Å². The monoisotopic (exact) mass is 372 g/mol. The fourth-order valence-corrected chi connectivity index (χ4v) is 4.62. The molecule has 2 aliphatic rings. The number of aliphatic carboxylic acids is 1. The molecule has 0 radical (unpaired) electrons. The number of carbonyl (C=O) groups excluding carboxylic acids is 1. The summed E-state index contributed by atoms with van der Waals surface area (Å²) in [7, 11) is 0. The summed E-state index contributed by atoms with van der Waals surface area (Å²) in [5.41, 5.74) is 2.46. The summed E-state index contributed by atoms with van der Waals surface area (Å²) >= 11 is 0. The van der Waals surface area contributed by atoms with Crippen LogP contribution in [0, 0.1) is 11.3 Å². The number of rotatable bonds is 8. The number of hydrogen-bond donors (Lipinski definition) is 3. The number of piperidine rings is 1. The van der Waals surface area contributed by atoms with E-state index in [1.165, 1.54) is 25.7 Å². The van der Waals surface area contributed by atoms with E-state index in [4.69, 9.17) is 5.11 Å². The Morgan fingerprint density at radius 3 is 2.56 bits per heavy atom. The van der Waals surface area contributed by atoms with Crippen molar-refractivity contribution >= 4 is 11.8 Å². The van der Waals surface area contributed by atoms with Crippen LogP contribution in [0.25, 0.3) is 0 Å². The summed E-state index contributed by atoms with van der Waals surface area (Å²) in [6.07, 6.45) is 7.91. The van der Waals surface area contributed by atoms with Crippen molar-refractivity contribution in [3.8, 4) is 0 Å². The van der Waals surface area contributed by atoms with Crippen molar-refractivity contribution < 1.29 is 14.7 Å². The Morgan fingerprint density at radius 1 is 1.11 bits per heavy atom. The normalized spacial score (nSPS) is 19.9. The second-order valence-corrected chi connectivity index (χ2v) is 8.23. The van der Waals surface area contributed by atoms with Gasteiger partial charge in [-0.3, -0.25) is 9.59 Å². The first-order valence-corrected chi connectivity index (χ1v) is 10.3. The number of carbonyl (C=O) groups is 2. The highest BCUT2D eigenvalue weighted by Gasteiger charge is 2.38. The Bertz CT molecular complexity index is 643. The molecule has 5 nitrogen and oxygen atoms in total. The summed E-state index contributed by atoms with van der Waals surface area (Å²) < 4.78 is 0. The predicted octanol–water partition coefficient (Wildman–Crippen LogP) is 3.04. The lowest BCUT2D eigenvalue weighted by Crippen LogP contribution is -2.40. The average molecular weight is 373 g/mol. The Hall–Kier alpha value is -1.72. The molecule has 0 atom stereocenters. The van der Waals surface area contributed by atoms with Gasteiger partial charge in [-0.25, -0.2) is 0 Å². The van der Waals surface area contributed by atoms with Gasteiger partial charge >= 0.3 is 5.97 Å². The standard InChI is InChI=1S/C22H32N2O3/c25-20(26)7-13-23-12-6-17-2-1-3-19(16-17)21(27)18-4-8-22(9-5-18)10-14-24-15-11-22/h1-3,16,18,23-24H,4-15H2,(H,25,26). The van der Waals surface area contributed by atoms with Gasteiger partial charge in [0.25, 0.3) is 0 Å². The second kappa shape index (κ2) is 9.47. The molecule has 0 unspecified atom stereocenters. The molecule has 1 heterocycles. The van der Waals surface area contributed by atoms with Gasteiger partial charge in [-0.05, 0) is 81.6 Å². The molecule has 0 aromatic heterocycles. The number of carboxylic acid groups (broad SMARTS) is 1. The van der Waals surface area contributed by atoms with Crippen molar-refractivity contribution in [1.82, 2.24) is 10.6 Å². The van der Waals surface area contributed by atoms with Gasteiger partial charge in [0.1, 0.15) is 0 Å². The first-order valence-electron chi connectivity index (χ1n) is 10.3. The van der Waals surface area contributed by atoms with Crippen LogP contribution in [0.15, 0.2) is 24.3 Å². The average Bonchev–Trinajstić information content (AvgIpc) is 2.68. The highest BCUT2D eigenvalue weighted by molar-refractivity contribution is 5.98. The Labute approximate surface area is 161 Å². The van der Waals surface area contributed by atoms with Gasteiger partial charge in [-0.2, -0.15) is 0 Å². The van der Waals surface area contributed by atoms with Crippen molar-refractivity contribution in [2.75, 3.05) is 26.2 Å². The lowest BCUT2D eigenvalue weighted by molar-refractivity contribution is -0.136. The molecule has 3 rings (SSSR count). The van der Waals surface area contributed by atoms with Crippen LogP contribution in [0.1, 0.15) is 60.9 Å². The molecule has 0 amide bonds. The maximum Gasteiger partial charge on any atom is 0.304 e. The third kappa shape index (κ3) is 5.63. The van der Waals surface area contributed by atoms with E-state index in [1.54, 1.807) is 0 Å². The van der Waals surface area contributed by atoms with Crippen molar-refractivity contribution in [3.05, 3.63) is 35.4 Å². The van der Waals surface area contributed by atoms with Gasteiger partial charge in [0, 0.05) is 18.0 Å². The summed E-state index contributed by atoms with van der Waals surface area (Å²) in [5.74, 6) is -0.303. The molecule has 27 heavy (non-hydrogen) atoms. The van der Waals surface area contributed by atoms with Gasteiger partial charge in [-0.1, -0.05) is 18.2 Å². The van der Waals surface area contributed by atoms with Gasteiger partial charge in [0.15, 0.2) is 5.78 Å². The fraction of sp³-hybridized carbons (Fsp3) is 0.636. The maximum atomic E-state index is 13.0. The number of carboxylic acids is 1. The lowest BCUT2D eigenvalue weighted by Gasteiger charge is -2.42. The zero-order valence-electron chi connectivity index (χ0n) is 16.1. The molecule has 148 valence electrons. The van der Waals surface area contributed by atoms with Crippen LogP contribution in [0.3, 0.4) is 0 Å². The summed E-state index contributed by atoms with van der Waals surface area (Å²) in [4.78, 5) is 23.5. The topological polar surface area (TPSA) is 78.4 Å². The zero-order valence-corrected chi connectivity index (χ0v) is 16.1. The van der Waals surface area contributed by atoms with Crippen molar-refractivity contribution in [1.29, 1.82) is 0 Å². The first-order chi connectivity index (χ1) is 13.1. The van der Waals surface area contributed by atoms with Crippen LogP contribution < -0.4 is 10.6 Å². The van der Waals surface area contributed by atoms with E-state index in [-0.39, 0.29) is 12.3 Å². The molecule has 1 aromatic rings. The third-order valence-electron chi connectivity index (χ3n) is 6.40. The van der Waals surface area contributed by atoms with Crippen molar-refractivity contribution in [3.63, 3.8) is 0 Å². The summed E-state index contributed by atoms with van der Waals surface area (Å²) in [5, 5.41) is 15.2. The van der Waals surface area contributed by atoms with E-state index in [1.807, 2.05) is 24.3 Å². The van der Waals surface area contributed by atoms with Gasteiger partial charge in [-0.15, -0.1) is 0 Å². The van der Waals surface area contributed by atoms with Crippen LogP contribution >= 0.6 is 0 Å². The highest BCUT2D eigenvalue weighted by Crippen LogP contribution is 2.45. The largest absolute Gasteiger partial charge is 0.481 e. The molecular weight excluding hydrogens is 340 g/mol. The number of hydrogen-bond acceptors (Lipinski definition) is 4. The Balaban J connectivity index is 1.49. The van der Waals surface area contributed by atoms with Crippen LogP contribution in [-0.2, 0) is 11.2 Å². The van der Waals surface area contributed by atoms with E-state index in [0.29, 0.717) is 17.7 Å². The quantitative estimate of drug-likeness (QED) is 0.483. The number of Topliss-reactive ketones (excluding diaryl/α,β-unsaturated/α-hetero) is 1. The van der Waals surface area contributed by atoms with Crippen LogP contribution in [0.2, 0.25) is 0 Å². The molecule has 1 aliphatic heterocycles. The number of benzene rings is 1. The molecule has 0 bridgehead atoms. The van der Waals surface area contributed by atoms with Crippen LogP contribution in [0.4, 0.5) is 0 Å². The van der Waals surface area contributed by atoms with Crippen molar-refractivity contribution in [2.45, 2.75) is 51.4 Å². The minimum Gasteiger partial charge on any atom is -0.481 e. The molecule has 1 spiro atoms. The molecule has 1 aromatic carbocycles. The van der Waals surface area contributed by atoms with E-state index >= 15 is 0 Å². The second-order valence-electron chi connectivity index (χ2n) is 8.23. The summed E-state index contributed by atoms with van der Waals surface area (Å²) in [6, 6.07) is 7.98. The Kier molecular flexibility index (Phi) is 7.02. The van der Waals surface area contributed by atoms with E-state index in [9.17, 15) is 9.59 Å². The minimum absolute atomic E-state index is 0.137. The molecule has 2 fully saturated rings. The SMILES string of the molecule is O=C(O)CCNCCc1cccc(C(=O)C2CCC3(CCNCC3)CC2)c1. The Morgan fingerprint density at radius 2 is 1.85 bits per heavy atom. The summed E-state index contributed by atoms with van der Waals surface area (Å²) in [6.45, 7) is 3.46. The minimum atomic E-state index is -0.783. The maximum absolute atomic E-state index is 13.0. The molecule has 1 saturated heterocycles. The lowest BCUT2D eigenvalue weighted by atomic mass is 9.65. The third-order valence-corrected chi connectivity index (χ3v) is 6.40. The number of ketones is 1. The molecule has 3 N–H and O–H groups in total. The first kappa shape index (κ1) is 20.0. The molecule has 1 aliphatic carbocycles. The van der Waals surface area contributed by atoms with Gasteiger partial charge < -0.3 is 15.7 Å². The van der Waals surface area contributed by atoms with E-state index < -0.39 is 5.97 Å². The smallest absolute Gasteiger partial charge is 0.304 e. The predicted molar refractivity (Wildman–Crippen MR) is 106 cm³/mol. The molecule has 5 heteroatoms. The van der Waals surface area contributed by atoms with Gasteiger partial charge in [0.05, 0.1) is 6.42 Å². The van der Waals surface area contributed by atoms with Gasteiger partial charge in [0.2, 0.25) is 0 Å². The van der Waals surface area contributed by atoms with E-state index in [2.05, 4.69) is 10.6 Å². The fourth-order valence-electron chi connectivity index (χ4n) is 4.62. The molecule has 1 saturated carbocycles. The van der Waals surface area contributed by atoms with Crippen molar-refractivity contribution in [2.24, 2.45) is 11.3 Å². The molecular formula is C22H32N2O3. The number of nitrogens with one attached hydrogen (secondary N) is 2. The van der Waals surface area contributed by atoms with Crippen LogP contribution in [-0.4, -0.2) is 43.0 Å². The highest BCUT2D eigenvalue weighted by atomic mass is 16.4. The van der Waals surface area contributed by atoms with Crippen LogP contribution in [0.5, 0.6) is 0 Å².